The van der Waals surface area contributed by atoms with E-state index in [2.05, 4.69) is 25.8 Å². The second-order valence-electron chi connectivity index (χ2n) is 10.3. The highest BCUT2D eigenvalue weighted by molar-refractivity contribution is 5.99. The summed E-state index contributed by atoms with van der Waals surface area (Å²) in [6, 6.07) is 10.3. The number of nitrogens with zero attached hydrogens (tertiary/aromatic N) is 4. The molecular formula is C26H38N8O2. The first-order valence-corrected chi connectivity index (χ1v) is 13.1. The number of nitrogens with one attached hydrogen (secondary N) is 3. The maximum atomic E-state index is 13.5. The summed E-state index contributed by atoms with van der Waals surface area (Å²) >= 11 is 0. The summed E-state index contributed by atoms with van der Waals surface area (Å²) in [6.45, 7) is 5.10. The van der Waals surface area contributed by atoms with Gasteiger partial charge in [0.05, 0.1) is 13.1 Å². The smallest absolute Gasteiger partial charge is 0.272 e. The van der Waals surface area contributed by atoms with E-state index in [9.17, 15) is 9.59 Å². The second-order valence-corrected chi connectivity index (χ2v) is 10.3. The maximum absolute atomic E-state index is 13.5. The van der Waals surface area contributed by atoms with Gasteiger partial charge in [-0.2, -0.15) is 4.98 Å². The van der Waals surface area contributed by atoms with Gasteiger partial charge in [-0.25, -0.2) is 0 Å². The molecule has 2 aromatic rings. The molecule has 2 amide bonds. The van der Waals surface area contributed by atoms with Gasteiger partial charge in [0.25, 0.3) is 5.91 Å². The summed E-state index contributed by atoms with van der Waals surface area (Å²) in [5.41, 5.74) is 7.75. The number of benzene rings is 1. The molecule has 4 fully saturated rings. The van der Waals surface area contributed by atoms with Gasteiger partial charge in [-0.1, -0.05) is 30.3 Å². The molecule has 4 saturated heterocycles. The van der Waals surface area contributed by atoms with Gasteiger partial charge in [0.2, 0.25) is 11.9 Å². The van der Waals surface area contributed by atoms with Crippen molar-refractivity contribution in [2.75, 3.05) is 56.5 Å². The van der Waals surface area contributed by atoms with E-state index in [4.69, 9.17) is 10.7 Å². The Morgan fingerprint density at radius 2 is 1.86 bits per heavy atom. The molecule has 6 rings (SSSR count). The zero-order valence-electron chi connectivity index (χ0n) is 21.1. The number of piperidine rings is 4. The number of anilines is 2. The zero-order chi connectivity index (χ0) is 25.1. The second kappa shape index (κ2) is 10.9. The molecule has 4 aliphatic rings. The van der Waals surface area contributed by atoms with Crippen LogP contribution in [0.4, 0.5) is 11.8 Å². The Bertz CT molecular complexity index is 1060. The van der Waals surface area contributed by atoms with Crippen molar-refractivity contribution in [1.29, 1.82) is 0 Å². The Morgan fingerprint density at radius 1 is 1.08 bits per heavy atom. The van der Waals surface area contributed by atoms with Crippen LogP contribution in [0.2, 0.25) is 0 Å². The monoisotopic (exact) mass is 494 g/mol. The van der Waals surface area contributed by atoms with E-state index in [-0.39, 0.29) is 30.4 Å². The van der Waals surface area contributed by atoms with Crippen molar-refractivity contribution in [3.8, 4) is 0 Å². The van der Waals surface area contributed by atoms with Gasteiger partial charge < -0.3 is 31.5 Å². The van der Waals surface area contributed by atoms with E-state index in [1.54, 1.807) is 7.05 Å². The largest absolute Gasteiger partial charge is 0.371 e. The normalized spacial score (nSPS) is 25.4. The molecule has 5 N–H and O–H groups in total. The Balaban J connectivity index is 1.33. The third kappa shape index (κ3) is 5.34. The van der Waals surface area contributed by atoms with Crippen LogP contribution in [0.15, 0.2) is 30.3 Å². The average molecular weight is 495 g/mol. The van der Waals surface area contributed by atoms with Crippen LogP contribution in [0, 0.1) is 5.92 Å². The van der Waals surface area contributed by atoms with Gasteiger partial charge in [-0.3, -0.25) is 14.2 Å². The lowest BCUT2D eigenvalue weighted by Gasteiger charge is -2.44. The highest BCUT2D eigenvalue weighted by Crippen LogP contribution is 2.28. The minimum Gasteiger partial charge on any atom is -0.371 e. The molecule has 0 spiro atoms. The molecule has 0 saturated carbocycles. The van der Waals surface area contributed by atoms with Crippen LogP contribution < -0.4 is 26.6 Å². The number of amides is 2. The molecule has 4 aliphatic heterocycles. The molecule has 10 heteroatoms. The zero-order valence-corrected chi connectivity index (χ0v) is 21.1. The predicted octanol–water partition coefficient (Wildman–Crippen LogP) is 0.841. The van der Waals surface area contributed by atoms with Crippen LogP contribution in [0.25, 0.3) is 0 Å². The third-order valence-corrected chi connectivity index (χ3v) is 7.74. The molecule has 1 aromatic heterocycles. The van der Waals surface area contributed by atoms with Crippen LogP contribution in [-0.4, -0.2) is 84.7 Å². The molecular weight excluding hydrogens is 456 g/mol. The average Bonchev–Trinajstić information content (AvgIpc) is 3.27. The van der Waals surface area contributed by atoms with E-state index in [1.165, 1.54) is 0 Å². The van der Waals surface area contributed by atoms with E-state index in [0.717, 1.165) is 63.4 Å². The molecule has 36 heavy (non-hydrogen) atoms. The molecule has 194 valence electrons. The number of carbonyl (C=O) groups is 2. The van der Waals surface area contributed by atoms with Crippen molar-refractivity contribution in [2.24, 2.45) is 11.7 Å². The van der Waals surface area contributed by atoms with E-state index in [1.807, 2.05) is 34.9 Å². The number of hydrogen-bond acceptors (Lipinski definition) is 7. The van der Waals surface area contributed by atoms with Gasteiger partial charge >= 0.3 is 0 Å². The van der Waals surface area contributed by atoms with Crippen molar-refractivity contribution in [1.82, 2.24) is 25.1 Å². The number of aromatic nitrogens is 2. The number of rotatable bonds is 8. The minimum absolute atomic E-state index is 0.0638. The summed E-state index contributed by atoms with van der Waals surface area (Å²) in [5, 5.41) is 9.08. The van der Waals surface area contributed by atoms with Gasteiger partial charge in [0.15, 0.2) is 11.5 Å². The van der Waals surface area contributed by atoms with Gasteiger partial charge in [-0.05, 0) is 50.3 Å². The quantitative estimate of drug-likeness (QED) is 0.429. The van der Waals surface area contributed by atoms with E-state index >= 15 is 0 Å². The first-order chi connectivity index (χ1) is 17.5. The van der Waals surface area contributed by atoms with Crippen molar-refractivity contribution in [3.05, 3.63) is 41.6 Å². The predicted molar refractivity (Wildman–Crippen MR) is 140 cm³/mol. The van der Waals surface area contributed by atoms with Crippen molar-refractivity contribution >= 4 is 23.6 Å². The Hall–Kier alpha value is -3.11. The van der Waals surface area contributed by atoms with Crippen molar-refractivity contribution in [3.63, 3.8) is 0 Å². The van der Waals surface area contributed by atoms with Crippen LogP contribution in [0.5, 0.6) is 0 Å². The van der Waals surface area contributed by atoms with Crippen LogP contribution in [0.3, 0.4) is 0 Å². The van der Waals surface area contributed by atoms with Gasteiger partial charge in [0.1, 0.15) is 0 Å². The Morgan fingerprint density at radius 3 is 2.53 bits per heavy atom. The van der Waals surface area contributed by atoms with Crippen molar-refractivity contribution in [2.45, 2.75) is 44.3 Å². The summed E-state index contributed by atoms with van der Waals surface area (Å²) in [4.78, 5) is 35.6. The topological polar surface area (TPSA) is 121 Å². The number of carbonyl (C=O) groups excluding carboxylic acids is 2. The van der Waals surface area contributed by atoms with Crippen LogP contribution in [-0.2, 0) is 11.3 Å². The molecule has 5 heterocycles. The van der Waals surface area contributed by atoms with Crippen LogP contribution >= 0.6 is 0 Å². The lowest BCUT2D eigenvalue weighted by Crippen LogP contribution is -2.58. The number of hydrogen-bond donors (Lipinski definition) is 4. The molecule has 0 radical (unpaired) electrons. The standard InChI is InChI=1S/C26H38N8O2/c1-28-24-23(25(36)29-14-22(35)30-21-17-32-12-9-19(21)10-13-32)34(15-18-6-3-2-4-7-18)26(31-24)33-11-5-8-20(27)16-33/h2-4,6-7,19-21,28H,5,8-17,27H2,1H3,(H,29,36)(H,30,35)/t20-,21?/m1/s1. The minimum atomic E-state index is -0.320. The summed E-state index contributed by atoms with van der Waals surface area (Å²) in [5.74, 6) is 1.29. The fraction of sp³-hybridized carbons (Fsp3) is 0.577. The molecule has 1 aromatic carbocycles. The SMILES string of the molecule is CNc1nc(N2CCC[C@@H](N)C2)n(Cc2ccccc2)c1C(=O)NCC(=O)NC1CN2CCC1CC2. The van der Waals surface area contributed by atoms with Crippen LogP contribution in [0.1, 0.15) is 41.7 Å². The molecule has 1 unspecified atom stereocenters. The summed E-state index contributed by atoms with van der Waals surface area (Å²) < 4.78 is 1.94. The molecule has 0 aliphatic carbocycles. The highest BCUT2D eigenvalue weighted by Gasteiger charge is 2.35. The highest BCUT2D eigenvalue weighted by atomic mass is 16.2. The molecule has 2 atom stereocenters. The number of fused-ring (bicyclic) bond motifs is 3. The fourth-order valence-electron chi connectivity index (χ4n) is 5.83. The Kier molecular flexibility index (Phi) is 7.43. The number of nitrogens with two attached hydrogens (primary N) is 1. The summed E-state index contributed by atoms with van der Waals surface area (Å²) in [6.07, 6.45) is 4.22. The fourth-order valence-corrected chi connectivity index (χ4v) is 5.83. The number of imidazole rings is 1. The first kappa shape index (κ1) is 24.6. The molecule has 2 bridgehead atoms. The van der Waals surface area contributed by atoms with E-state index in [0.29, 0.717) is 30.5 Å². The van der Waals surface area contributed by atoms with Gasteiger partial charge in [0, 0.05) is 38.8 Å². The molecule has 10 nitrogen and oxygen atoms in total. The lowest BCUT2D eigenvalue weighted by atomic mass is 9.84. The van der Waals surface area contributed by atoms with Gasteiger partial charge in [-0.15, -0.1) is 0 Å². The maximum Gasteiger partial charge on any atom is 0.272 e. The lowest BCUT2D eigenvalue weighted by molar-refractivity contribution is -0.122. The summed E-state index contributed by atoms with van der Waals surface area (Å²) in [7, 11) is 1.76. The van der Waals surface area contributed by atoms with Crippen molar-refractivity contribution < 1.29 is 9.59 Å². The Labute approximate surface area is 212 Å². The first-order valence-electron chi connectivity index (χ1n) is 13.1. The third-order valence-electron chi connectivity index (χ3n) is 7.74. The van der Waals surface area contributed by atoms with E-state index < -0.39 is 0 Å².